The molecule has 2 aliphatic heterocycles. The fourth-order valence-corrected chi connectivity index (χ4v) is 5.65. The highest BCUT2D eigenvalue weighted by Gasteiger charge is 2.57. The van der Waals surface area contributed by atoms with Crippen molar-refractivity contribution in [2.24, 2.45) is 23.0 Å². The van der Waals surface area contributed by atoms with E-state index in [0.29, 0.717) is 48.5 Å². The zero-order chi connectivity index (χ0) is 33.0. The number of ether oxygens (including phenoxy) is 1. The Morgan fingerprint density at radius 3 is 2.56 bits per heavy atom. The molecule has 3 aliphatic rings. The predicted octanol–water partition coefficient (Wildman–Crippen LogP) is 4.68. The van der Waals surface area contributed by atoms with Crippen LogP contribution in [0.1, 0.15) is 43.7 Å². The molecule has 1 saturated carbocycles. The number of likely N-dealkylation sites (tertiary alicyclic amines) is 1. The molecule has 1 amide bonds. The average molecular weight is 641 g/mol. The largest absolute Gasteiger partial charge is 0.402 e. The average Bonchev–Trinajstić information content (AvgIpc) is 3.89. The summed E-state index contributed by atoms with van der Waals surface area (Å²) in [6.45, 7) is 1.26. The number of nitrogens with two attached hydrogens (primary N) is 1. The Kier molecular flexibility index (Phi) is 10.4. The third kappa shape index (κ3) is 8.32. The summed E-state index contributed by atoms with van der Waals surface area (Å²) < 4.78 is 83.2. The van der Waals surface area contributed by atoms with Crippen LogP contribution in [0.5, 0.6) is 0 Å². The van der Waals surface area contributed by atoms with E-state index in [1.54, 1.807) is 36.2 Å². The van der Waals surface area contributed by atoms with Crippen LogP contribution >= 0.6 is 0 Å². The van der Waals surface area contributed by atoms with E-state index in [1.807, 2.05) is 19.1 Å². The number of nitrogens with one attached hydrogen (secondary N) is 3. The summed E-state index contributed by atoms with van der Waals surface area (Å²) in [5, 5.41) is 18.0. The van der Waals surface area contributed by atoms with Gasteiger partial charge >= 0.3 is 12.4 Å². The second-order valence-corrected chi connectivity index (χ2v) is 11.6. The lowest BCUT2D eigenvalue weighted by molar-refractivity contribution is -0.281. The molecule has 1 aliphatic carbocycles. The topological polar surface area (TPSA) is 119 Å². The first-order chi connectivity index (χ1) is 21.2. The molecule has 0 radical (unpaired) electrons. The van der Waals surface area contributed by atoms with E-state index < -0.39 is 36.5 Å². The van der Waals surface area contributed by atoms with Gasteiger partial charge in [0.1, 0.15) is 17.3 Å². The first-order valence-corrected chi connectivity index (χ1v) is 14.9. The zero-order valence-corrected chi connectivity index (χ0v) is 25.1. The summed E-state index contributed by atoms with van der Waals surface area (Å²) in [4.78, 5) is 14.9. The van der Waals surface area contributed by atoms with Crippen molar-refractivity contribution in [2.45, 2.75) is 63.7 Å². The van der Waals surface area contributed by atoms with Crippen LogP contribution in [0.4, 0.5) is 26.3 Å². The van der Waals surface area contributed by atoms with E-state index in [1.165, 1.54) is 6.20 Å². The van der Waals surface area contributed by atoms with Crippen molar-refractivity contribution in [3.05, 3.63) is 65.3 Å². The van der Waals surface area contributed by atoms with Gasteiger partial charge in [-0.15, -0.1) is 0 Å². The monoisotopic (exact) mass is 640 g/mol. The predicted molar refractivity (Wildman–Crippen MR) is 155 cm³/mol. The second kappa shape index (κ2) is 13.7. The number of allylic oxidation sites excluding steroid dienone is 2. The summed E-state index contributed by atoms with van der Waals surface area (Å²) in [7, 11) is 1.62. The number of epoxide rings is 1. The molecule has 2 saturated heterocycles. The number of nitrogens with zero attached hydrogens (tertiary/aromatic N) is 2. The molecule has 0 aromatic heterocycles. The minimum absolute atomic E-state index is 0.110. The van der Waals surface area contributed by atoms with Crippen molar-refractivity contribution in [1.82, 2.24) is 20.9 Å². The maximum absolute atomic E-state index is 13.3. The van der Waals surface area contributed by atoms with Crippen LogP contribution in [0.2, 0.25) is 0 Å². The van der Waals surface area contributed by atoms with Crippen LogP contribution < -0.4 is 21.7 Å². The number of hydrogen-bond acceptors (Lipinski definition) is 7. The maximum Gasteiger partial charge on any atom is 0.402 e. The van der Waals surface area contributed by atoms with Gasteiger partial charge < -0.3 is 31.3 Å². The highest BCUT2D eigenvalue weighted by molar-refractivity contribution is 5.90. The Labute approximate surface area is 258 Å². The Balaban J connectivity index is 1.36. The van der Waals surface area contributed by atoms with E-state index in [2.05, 4.69) is 22.0 Å². The summed E-state index contributed by atoms with van der Waals surface area (Å²) in [5.41, 5.74) is 7.88. The van der Waals surface area contributed by atoms with Crippen molar-refractivity contribution in [1.29, 1.82) is 5.26 Å². The fourth-order valence-electron chi connectivity index (χ4n) is 5.65. The third-order valence-electron chi connectivity index (χ3n) is 8.24. The lowest BCUT2D eigenvalue weighted by Crippen LogP contribution is -2.42. The van der Waals surface area contributed by atoms with E-state index in [4.69, 9.17) is 10.5 Å². The van der Waals surface area contributed by atoms with Crippen molar-refractivity contribution in [3.8, 4) is 6.07 Å². The molecule has 1 aromatic rings. The standard InChI is InChI=1S/C31H38F6N6O2/c1-3-5-23(43-11-10-29(18-38,28(43)44)22-8-9-22)14-26(39)42-27-24(45-27)13-19-6-4-7-20(12-19)21(15-40-2)16-41-17-25(30(32,33)34)31(35,36)37/h4-7,12,14,16,22,24-25,27,40-42H,3,8-11,13,15,17,39H2,1-2H3/b21-16+,23-5+,26-14+. The summed E-state index contributed by atoms with van der Waals surface area (Å²) >= 11 is 0. The molecule has 3 atom stereocenters. The number of benzene rings is 1. The highest BCUT2D eigenvalue weighted by atomic mass is 19.4. The van der Waals surface area contributed by atoms with E-state index in [0.717, 1.165) is 18.4 Å². The normalized spacial score (nSPS) is 24.7. The van der Waals surface area contributed by atoms with Gasteiger partial charge in [0.25, 0.3) is 0 Å². The van der Waals surface area contributed by atoms with Crippen molar-refractivity contribution >= 4 is 11.5 Å². The number of amides is 1. The van der Waals surface area contributed by atoms with Crippen LogP contribution in [0.25, 0.3) is 5.57 Å². The van der Waals surface area contributed by atoms with Gasteiger partial charge in [0.05, 0.1) is 6.07 Å². The van der Waals surface area contributed by atoms with Gasteiger partial charge in [-0.05, 0) is 55.3 Å². The summed E-state index contributed by atoms with van der Waals surface area (Å²) in [6, 6.07) is 9.40. The molecular weight excluding hydrogens is 602 g/mol. The van der Waals surface area contributed by atoms with Crippen molar-refractivity contribution in [2.75, 3.05) is 26.7 Å². The number of rotatable bonds is 14. The number of alkyl halides is 6. The third-order valence-corrected chi connectivity index (χ3v) is 8.24. The lowest BCUT2D eigenvalue weighted by atomic mass is 9.83. The molecule has 2 heterocycles. The van der Waals surface area contributed by atoms with Gasteiger partial charge in [0.2, 0.25) is 5.91 Å². The maximum atomic E-state index is 13.3. The smallest absolute Gasteiger partial charge is 0.390 e. The van der Waals surface area contributed by atoms with Crippen LogP contribution in [-0.2, 0) is 16.0 Å². The molecule has 246 valence electrons. The Hall–Kier alpha value is -3.70. The Morgan fingerprint density at radius 2 is 1.96 bits per heavy atom. The molecule has 14 heteroatoms. The Bertz CT molecular complexity index is 1350. The van der Waals surface area contributed by atoms with Crippen LogP contribution in [0.3, 0.4) is 0 Å². The Morgan fingerprint density at radius 1 is 1.24 bits per heavy atom. The number of nitriles is 1. The van der Waals surface area contributed by atoms with Crippen LogP contribution in [-0.4, -0.2) is 62.2 Å². The lowest BCUT2D eigenvalue weighted by Gasteiger charge is -2.23. The van der Waals surface area contributed by atoms with Gasteiger partial charge in [-0.2, -0.15) is 31.6 Å². The van der Waals surface area contributed by atoms with Crippen molar-refractivity contribution in [3.63, 3.8) is 0 Å². The molecule has 8 nitrogen and oxygen atoms in total. The fraction of sp³-hybridized carbons (Fsp3) is 0.548. The SMILES string of the molecule is CC/C=C(\C=C(/N)NC1OC1Cc1cccc(/C(=C/NCC(C(F)(F)F)C(F)(F)F)CNC)c1)N1CCC(C#N)(C2CC2)C1=O. The molecule has 4 rings (SSSR count). The number of carbonyl (C=O) groups excluding carboxylic acids is 1. The van der Waals surface area contributed by atoms with Crippen LogP contribution in [0.15, 0.2) is 54.1 Å². The first-order valence-electron chi connectivity index (χ1n) is 14.9. The van der Waals surface area contributed by atoms with E-state index >= 15 is 0 Å². The quantitative estimate of drug-likeness (QED) is 0.133. The van der Waals surface area contributed by atoms with Gasteiger partial charge in [0.15, 0.2) is 12.1 Å². The molecular formula is C31H38F6N6O2. The van der Waals surface area contributed by atoms with Crippen LogP contribution in [0, 0.1) is 28.6 Å². The molecule has 0 bridgehead atoms. The zero-order valence-electron chi connectivity index (χ0n) is 25.1. The number of hydrogen-bond donors (Lipinski definition) is 4. The molecule has 0 spiro atoms. The summed E-state index contributed by atoms with van der Waals surface area (Å²) in [5.74, 6) is -3.26. The van der Waals surface area contributed by atoms with Gasteiger partial charge in [-0.1, -0.05) is 37.3 Å². The summed E-state index contributed by atoms with van der Waals surface area (Å²) in [6.07, 6.45) is -3.36. The number of likely N-dealkylation sites (N-methyl/N-ethyl adjacent to an activating group) is 1. The number of carbonyl (C=O) groups is 1. The van der Waals surface area contributed by atoms with Crippen molar-refractivity contribution < 1.29 is 35.9 Å². The number of halogens is 6. The van der Waals surface area contributed by atoms with Gasteiger partial charge in [0, 0.05) is 44.0 Å². The van der Waals surface area contributed by atoms with E-state index in [9.17, 15) is 36.4 Å². The second-order valence-electron chi connectivity index (χ2n) is 11.6. The molecule has 1 aromatic carbocycles. The van der Waals surface area contributed by atoms with Gasteiger partial charge in [-0.3, -0.25) is 4.79 Å². The molecule has 45 heavy (non-hydrogen) atoms. The molecule has 3 fully saturated rings. The highest BCUT2D eigenvalue weighted by Crippen LogP contribution is 2.52. The van der Waals surface area contributed by atoms with E-state index in [-0.39, 0.29) is 24.5 Å². The van der Waals surface area contributed by atoms with Gasteiger partial charge in [-0.25, -0.2) is 0 Å². The molecule has 5 N–H and O–H groups in total. The minimum atomic E-state index is -5.42. The minimum Gasteiger partial charge on any atom is -0.390 e. The first kappa shape index (κ1) is 34.2. The molecule has 3 unspecified atom stereocenters.